The zero-order chi connectivity index (χ0) is 12.0. The third-order valence-electron chi connectivity index (χ3n) is 1.86. The molecule has 0 aliphatic rings. The van der Waals surface area contributed by atoms with Crippen molar-refractivity contribution in [3.8, 4) is 12.3 Å². The van der Waals surface area contributed by atoms with Crippen LogP contribution in [0.5, 0.6) is 0 Å². The fourth-order valence-corrected chi connectivity index (χ4v) is 0.918. The van der Waals surface area contributed by atoms with Crippen molar-refractivity contribution in [2.24, 2.45) is 0 Å². The molecule has 0 aromatic rings. The van der Waals surface area contributed by atoms with Crippen LogP contribution in [0.25, 0.3) is 0 Å². The number of carbonyl (C=O) groups excluding carboxylic acids is 1. The monoisotopic (exact) mass is 218 g/mol. The fourth-order valence-electron chi connectivity index (χ4n) is 0.918. The Bertz CT molecular complexity index is 245. The Morgan fingerprint density at radius 2 is 1.73 bits per heavy atom. The number of hydrogen-bond donors (Lipinski definition) is 5. The van der Waals surface area contributed by atoms with Crippen molar-refractivity contribution in [1.29, 1.82) is 0 Å². The Balaban J connectivity index is 4.37. The van der Waals surface area contributed by atoms with Gasteiger partial charge in [-0.15, -0.1) is 6.42 Å². The Morgan fingerprint density at radius 3 is 2.13 bits per heavy atom. The summed E-state index contributed by atoms with van der Waals surface area (Å²) in [7, 11) is 0. The average molecular weight is 218 g/mol. The predicted octanol–water partition coefficient (Wildman–Crippen LogP) is -2.99. The van der Waals surface area contributed by atoms with Crippen LogP contribution in [-0.2, 0) is 4.79 Å². The average Bonchev–Trinajstić information content (AvgIpc) is 2.25. The zero-order valence-electron chi connectivity index (χ0n) is 7.95. The summed E-state index contributed by atoms with van der Waals surface area (Å²) in [6.07, 6.45) is -2.78. The van der Waals surface area contributed by atoms with E-state index < -0.39 is 36.8 Å². The van der Waals surface area contributed by atoms with E-state index in [1.165, 1.54) is 0 Å². The molecule has 4 atom stereocenters. The van der Waals surface area contributed by atoms with Crippen molar-refractivity contribution in [2.45, 2.75) is 30.8 Å². The molecule has 0 rings (SSSR count). The molecule has 0 fully saturated rings. The maximum Gasteiger partial charge on any atom is 0.175 e. The molecule has 0 aromatic heterocycles. The molecule has 0 saturated heterocycles. The van der Waals surface area contributed by atoms with Crippen LogP contribution in [-0.4, -0.2) is 62.3 Å². The largest absolute Gasteiger partial charge is 0.394 e. The molecule has 0 aromatic carbocycles. The molecule has 0 heterocycles. The first-order valence-corrected chi connectivity index (χ1v) is 4.25. The minimum Gasteiger partial charge on any atom is -0.394 e. The standard InChI is InChI=1S/C9H14O6/c1-2-3-5(11)7(13)9(15)8(14)6(12)4-10/h1,6-10,12-15H,3-4H2/t6-,7+,8+,9-/m1/s1. The SMILES string of the molecule is C#CCC(=O)[C@H](O)[C@@H](O)[C@@H](O)[C@H](O)CO. The summed E-state index contributed by atoms with van der Waals surface area (Å²) in [4.78, 5) is 11.0. The van der Waals surface area contributed by atoms with Gasteiger partial charge < -0.3 is 25.5 Å². The second-order valence-electron chi connectivity index (χ2n) is 3.02. The van der Waals surface area contributed by atoms with Crippen molar-refractivity contribution in [3.63, 3.8) is 0 Å². The van der Waals surface area contributed by atoms with Crippen LogP contribution in [0.2, 0.25) is 0 Å². The second kappa shape index (κ2) is 6.50. The predicted molar refractivity (Wildman–Crippen MR) is 49.6 cm³/mol. The highest BCUT2D eigenvalue weighted by Crippen LogP contribution is 2.07. The molecule has 6 nitrogen and oxygen atoms in total. The lowest BCUT2D eigenvalue weighted by atomic mass is 9.99. The maximum absolute atomic E-state index is 11.0. The van der Waals surface area contributed by atoms with Crippen molar-refractivity contribution in [1.82, 2.24) is 0 Å². The molecule has 5 N–H and O–H groups in total. The summed E-state index contributed by atoms with van der Waals surface area (Å²) in [5, 5.41) is 45.0. The van der Waals surface area contributed by atoms with Crippen LogP contribution in [0.4, 0.5) is 0 Å². The second-order valence-corrected chi connectivity index (χ2v) is 3.02. The Morgan fingerprint density at radius 1 is 1.20 bits per heavy atom. The lowest BCUT2D eigenvalue weighted by molar-refractivity contribution is -0.146. The molecule has 0 spiro atoms. The van der Waals surface area contributed by atoms with Crippen molar-refractivity contribution in [2.75, 3.05) is 6.61 Å². The minimum atomic E-state index is -1.88. The molecule has 0 radical (unpaired) electrons. The molecule has 0 bridgehead atoms. The molecule has 0 amide bonds. The highest BCUT2D eigenvalue weighted by atomic mass is 16.4. The number of hydrogen-bond acceptors (Lipinski definition) is 6. The third kappa shape index (κ3) is 3.95. The summed E-state index contributed by atoms with van der Waals surface area (Å²) < 4.78 is 0. The molecule has 0 saturated carbocycles. The van der Waals surface area contributed by atoms with Crippen LogP contribution in [0, 0.1) is 12.3 Å². The summed E-state index contributed by atoms with van der Waals surface area (Å²) >= 11 is 0. The number of carbonyl (C=O) groups is 1. The van der Waals surface area contributed by atoms with Gasteiger partial charge in [-0.1, -0.05) is 5.92 Å². The Kier molecular flexibility index (Phi) is 6.08. The number of ketones is 1. The van der Waals surface area contributed by atoms with E-state index in [2.05, 4.69) is 0 Å². The maximum atomic E-state index is 11.0. The van der Waals surface area contributed by atoms with Gasteiger partial charge in [0.15, 0.2) is 5.78 Å². The van der Waals surface area contributed by atoms with E-state index in [-0.39, 0.29) is 6.42 Å². The topological polar surface area (TPSA) is 118 Å². The summed E-state index contributed by atoms with van der Waals surface area (Å²) in [6, 6.07) is 0. The third-order valence-corrected chi connectivity index (χ3v) is 1.86. The van der Waals surface area contributed by atoms with Gasteiger partial charge in [0.1, 0.15) is 24.4 Å². The van der Waals surface area contributed by atoms with Crippen molar-refractivity contribution < 1.29 is 30.3 Å². The molecule has 86 valence electrons. The van der Waals surface area contributed by atoms with Gasteiger partial charge in [0, 0.05) is 0 Å². The van der Waals surface area contributed by atoms with Crippen LogP contribution in [0.3, 0.4) is 0 Å². The van der Waals surface area contributed by atoms with Crippen molar-refractivity contribution in [3.05, 3.63) is 0 Å². The molecule has 15 heavy (non-hydrogen) atoms. The minimum absolute atomic E-state index is 0.389. The van der Waals surface area contributed by atoms with E-state index in [9.17, 15) is 15.0 Å². The summed E-state index contributed by atoms with van der Waals surface area (Å²) in [5.74, 6) is 1.13. The molecule has 0 aliphatic carbocycles. The molecular formula is C9H14O6. The van der Waals surface area contributed by atoms with Crippen LogP contribution in [0.1, 0.15) is 6.42 Å². The van der Waals surface area contributed by atoms with E-state index in [4.69, 9.17) is 21.7 Å². The van der Waals surface area contributed by atoms with Crippen molar-refractivity contribution >= 4 is 5.78 Å². The quantitative estimate of drug-likeness (QED) is 0.303. The van der Waals surface area contributed by atoms with Gasteiger partial charge in [-0.3, -0.25) is 4.79 Å². The van der Waals surface area contributed by atoms with Gasteiger partial charge >= 0.3 is 0 Å². The lowest BCUT2D eigenvalue weighted by Crippen LogP contribution is -2.48. The lowest BCUT2D eigenvalue weighted by Gasteiger charge is -2.24. The smallest absolute Gasteiger partial charge is 0.175 e. The van der Waals surface area contributed by atoms with E-state index in [0.717, 1.165) is 0 Å². The summed E-state index contributed by atoms with van der Waals surface area (Å²) in [6.45, 7) is -0.797. The number of aliphatic hydroxyl groups excluding tert-OH is 5. The molecular weight excluding hydrogens is 204 g/mol. The number of rotatable bonds is 6. The summed E-state index contributed by atoms with van der Waals surface area (Å²) in [5.41, 5.74) is 0. The van der Waals surface area contributed by atoms with Crippen LogP contribution >= 0.6 is 0 Å². The van der Waals surface area contributed by atoms with Gasteiger partial charge in [0.05, 0.1) is 13.0 Å². The Hall–Kier alpha value is -0.970. The first-order chi connectivity index (χ1) is 6.95. The van der Waals surface area contributed by atoms with E-state index in [1.54, 1.807) is 0 Å². The Labute approximate surface area is 86.8 Å². The molecule has 6 heteroatoms. The highest BCUT2D eigenvalue weighted by molar-refractivity contribution is 5.85. The highest BCUT2D eigenvalue weighted by Gasteiger charge is 2.33. The normalized spacial score (nSPS) is 18.7. The van der Waals surface area contributed by atoms with Crippen LogP contribution < -0.4 is 0 Å². The van der Waals surface area contributed by atoms with Crippen LogP contribution in [0.15, 0.2) is 0 Å². The van der Waals surface area contributed by atoms with Gasteiger partial charge in [0.25, 0.3) is 0 Å². The van der Waals surface area contributed by atoms with E-state index in [0.29, 0.717) is 0 Å². The van der Waals surface area contributed by atoms with E-state index in [1.807, 2.05) is 5.92 Å². The first kappa shape index (κ1) is 14.0. The molecule has 0 aliphatic heterocycles. The number of aliphatic hydroxyl groups is 5. The number of Topliss-reactive ketones (excluding diaryl/α,β-unsaturated/α-hetero) is 1. The van der Waals surface area contributed by atoms with Gasteiger partial charge in [-0.25, -0.2) is 0 Å². The van der Waals surface area contributed by atoms with Gasteiger partial charge in [0.2, 0.25) is 0 Å². The zero-order valence-corrected chi connectivity index (χ0v) is 7.95. The van der Waals surface area contributed by atoms with Gasteiger partial charge in [-0.2, -0.15) is 0 Å². The number of terminal acetylenes is 1. The fraction of sp³-hybridized carbons (Fsp3) is 0.667. The van der Waals surface area contributed by atoms with Gasteiger partial charge in [-0.05, 0) is 0 Å². The van der Waals surface area contributed by atoms with E-state index >= 15 is 0 Å². The molecule has 0 unspecified atom stereocenters. The first-order valence-electron chi connectivity index (χ1n) is 4.25.